The Bertz CT molecular complexity index is 1260. The molecular formula is C30H31ClN2O3. The summed E-state index contributed by atoms with van der Waals surface area (Å²) in [6.45, 7) is 5.63. The Balaban J connectivity index is 1.29. The molecule has 0 radical (unpaired) electrons. The number of likely N-dealkylation sites (tertiary alicyclic amines) is 1. The fourth-order valence-electron chi connectivity index (χ4n) is 5.57. The van der Waals surface area contributed by atoms with E-state index in [2.05, 4.69) is 30.0 Å². The second-order valence-corrected chi connectivity index (χ2v) is 10.5. The van der Waals surface area contributed by atoms with Crippen LogP contribution in [0.4, 0.5) is 5.69 Å². The highest BCUT2D eigenvalue weighted by Gasteiger charge is 2.46. The molecule has 2 aliphatic heterocycles. The third-order valence-electron chi connectivity index (χ3n) is 7.64. The lowest BCUT2D eigenvalue weighted by Gasteiger charge is -2.40. The summed E-state index contributed by atoms with van der Waals surface area (Å²) in [4.78, 5) is 29.6. The maximum Gasteiger partial charge on any atom is 0.337 e. The minimum atomic E-state index is -0.313. The van der Waals surface area contributed by atoms with Crippen molar-refractivity contribution in [1.29, 1.82) is 0 Å². The molecule has 2 heterocycles. The third kappa shape index (κ3) is 4.91. The summed E-state index contributed by atoms with van der Waals surface area (Å²) in [6.07, 6.45) is 2.39. The zero-order valence-electron chi connectivity index (χ0n) is 20.8. The number of esters is 1. The first-order valence-electron chi connectivity index (χ1n) is 12.4. The highest BCUT2D eigenvalue weighted by molar-refractivity contribution is 6.30. The number of carbonyl (C=O) groups excluding carboxylic acids is 2. The van der Waals surface area contributed by atoms with E-state index in [4.69, 9.17) is 16.3 Å². The molecule has 2 aliphatic rings. The van der Waals surface area contributed by atoms with Crippen molar-refractivity contribution in [2.24, 2.45) is 0 Å². The van der Waals surface area contributed by atoms with Crippen molar-refractivity contribution in [3.8, 4) is 0 Å². The number of piperidine rings is 1. The van der Waals surface area contributed by atoms with Gasteiger partial charge in [-0.05, 0) is 79.9 Å². The van der Waals surface area contributed by atoms with Crippen LogP contribution < -0.4 is 4.90 Å². The fourth-order valence-corrected chi connectivity index (χ4v) is 5.69. The van der Waals surface area contributed by atoms with Gasteiger partial charge in [0.2, 0.25) is 5.91 Å². The lowest BCUT2D eigenvalue weighted by molar-refractivity contribution is -0.118. The van der Waals surface area contributed by atoms with Crippen molar-refractivity contribution in [2.45, 2.75) is 38.1 Å². The average molecular weight is 503 g/mol. The Hall–Kier alpha value is -3.15. The highest BCUT2D eigenvalue weighted by Crippen LogP contribution is 2.47. The van der Waals surface area contributed by atoms with Gasteiger partial charge in [-0.2, -0.15) is 0 Å². The van der Waals surface area contributed by atoms with Crippen LogP contribution in [0.15, 0.2) is 66.7 Å². The molecule has 0 aromatic heterocycles. The van der Waals surface area contributed by atoms with E-state index in [0.717, 1.165) is 50.3 Å². The summed E-state index contributed by atoms with van der Waals surface area (Å²) in [5, 5.41) is 0.679. The van der Waals surface area contributed by atoms with E-state index in [-0.39, 0.29) is 17.3 Å². The van der Waals surface area contributed by atoms with Gasteiger partial charge in [-0.25, -0.2) is 4.79 Å². The number of nitrogens with zero attached hydrogens (tertiary/aromatic N) is 2. The molecule has 6 heteroatoms. The molecule has 186 valence electrons. The van der Waals surface area contributed by atoms with E-state index in [1.165, 1.54) is 23.8 Å². The molecule has 3 aromatic rings. The molecule has 5 rings (SSSR count). The number of ether oxygens (including phenoxy) is 1. The van der Waals surface area contributed by atoms with Crippen LogP contribution in [-0.2, 0) is 27.9 Å². The quantitative estimate of drug-likeness (QED) is 0.429. The number of hydrogen-bond donors (Lipinski definition) is 0. The van der Waals surface area contributed by atoms with Crippen molar-refractivity contribution in [2.75, 3.05) is 31.6 Å². The zero-order valence-corrected chi connectivity index (χ0v) is 21.6. The molecule has 3 aromatic carbocycles. The van der Waals surface area contributed by atoms with Crippen LogP contribution in [0.5, 0.6) is 0 Å². The summed E-state index contributed by atoms with van der Waals surface area (Å²) < 4.78 is 4.80. The fraction of sp³-hybridized carbons (Fsp3) is 0.333. The first kappa shape index (κ1) is 24.5. The van der Waals surface area contributed by atoms with Gasteiger partial charge in [0.05, 0.1) is 19.1 Å². The first-order valence-corrected chi connectivity index (χ1v) is 12.8. The predicted octanol–water partition coefficient (Wildman–Crippen LogP) is 5.56. The van der Waals surface area contributed by atoms with Crippen LogP contribution in [0.2, 0.25) is 5.02 Å². The molecule has 0 N–H and O–H groups in total. The van der Waals surface area contributed by atoms with Gasteiger partial charge in [-0.1, -0.05) is 53.6 Å². The van der Waals surface area contributed by atoms with Gasteiger partial charge in [-0.15, -0.1) is 0 Å². The minimum absolute atomic E-state index is 0.0117. The zero-order chi connectivity index (χ0) is 25.3. The second kappa shape index (κ2) is 10.1. The van der Waals surface area contributed by atoms with E-state index in [1.54, 1.807) is 0 Å². The van der Waals surface area contributed by atoms with Gasteiger partial charge in [-0.3, -0.25) is 9.69 Å². The van der Waals surface area contributed by atoms with Gasteiger partial charge in [0.15, 0.2) is 0 Å². The summed E-state index contributed by atoms with van der Waals surface area (Å²) >= 11 is 6.02. The van der Waals surface area contributed by atoms with Crippen molar-refractivity contribution in [3.05, 3.63) is 99.6 Å². The molecule has 1 saturated heterocycles. The van der Waals surface area contributed by atoms with Gasteiger partial charge in [0, 0.05) is 29.2 Å². The summed E-state index contributed by atoms with van der Waals surface area (Å²) in [7, 11) is 1.40. The molecule has 36 heavy (non-hydrogen) atoms. The molecule has 1 fully saturated rings. The van der Waals surface area contributed by atoms with Crippen LogP contribution in [0.3, 0.4) is 0 Å². The largest absolute Gasteiger partial charge is 0.465 e. The SMILES string of the molecule is COC(=O)c1ccc(CN2CCC3(CC2)CN(C(=O)Cc2ccc(Cl)cc2)c2ccc(C)cc23)cc1. The smallest absolute Gasteiger partial charge is 0.337 e. The first-order chi connectivity index (χ1) is 17.4. The molecule has 0 aliphatic carbocycles. The van der Waals surface area contributed by atoms with E-state index < -0.39 is 0 Å². The van der Waals surface area contributed by atoms with Gasteiger partial charge in [0.25, 0.3) is 0 Å². The van der Waals surface area contributed by atoms with Gasteiger partial charge >= 0.3 is 5.97 Å². The summed E-state index contributed by atoms with van der Waals surface area (Å²) in [5.74, 6) is -0.181. The van der Waals surface area contributed by atoms with Gasteiger partial charge < -0.3 is 9.64 Å². The van der Waals surface area contributed by atoms with E-state index in [0.29, 0.717) is 17.0 Å². The van der Waals surface area contributed by atoms with Crippen LogP contribution >= 0.6 is 11.6 Å². The number of anilines is 1. The Morgan fingerprint density at radius 1 is 0.944 bits per heavy atom. The molecular weight excluding hydrogens is 472 g/mol. The molecule has 5 nitrogen and oxygen atoms in total. The summed E-state index contributed by atoms with van der Waals surface area (Å²) in [6, 6.07) is 21.7. The summed E-state index contributed by atoms with van der Waals surface area (Å²) in [5.41, 5.74) is 6.32. The highest BCUT2D eigenvalue weighted by atomic mass is 35.5. The number of aryl methyl sites for hydroxylation is 1. The maximum absolute atomic E-state index is 13.4. The Morgan fingerprint density at radius 3 is 2.28 bits per heavy atom. The van der Waals surface area contributed by atoms with Crippen molar-refractivity contribution in [1.82, 2.24) is 4.90 Å². The van der Waals surface area contributed by atoms with Crippen molar-refractivity contribution >= 4 is 29.2 Å². The topological polar surface area (TPSA) is 49.9 Å². The number of carbonyl (C=O) groups is 2. The van der Waals surface area contributed by atoms with E-state index in [1.807, 2.05) is 53.4 Å². The molecule has 0 bridgehead atoms. The number of rotatable bonds is 5. The monoisotopic (exact) mass is 502 g/mol. The number of halogens is 1. The Labute approximate surface area is 217 Å². The third-order valence-corrected chi connectivity index (χ3v) is 7.89. The van der Waals surface area contributed by atoms with Crippen LogP contribution in [0, 0.1) is 6.92 Å². The lowest BCUT2D eigenvalue weighted by Crippen LogP contribution is -2.46. The van der Waals surface area contributed by atoms with Crippen LogP contribution in [0.1, 0.15) is 45.5 Å². The molecule has 0 unspecified atom stereocenters. The molecule has 1 amide bonds. The number of benzene rings is 3. The second-order valence-electron chi connectivity index (χ2n) is 10.0. The Kier molecular flexibility index (Phi) is 6.87. The Morgan fingerprint density at radius 2 is 1.61 bits per heavy atom. The van der Waals surface area contributed by atoms with Crippen molar-refractivity contribution < 1.29 is 14.3 Å². The average Bonchev–Trinajstić information content (AvgIpc) is 3.20. The van der Waals surface area contributed by atoms with Crippen LogP contribution in [0.25, 0.3) is 0 Å². The minimum Gasteiger partial charge on any atom is -0.465 e. The lowest BCUT2D eigenvalue weighted by atomic mass is 9.74. The van der Waals surface area contributed by atoms with E-state index in [9.17, 15) is 9.59 Å². The standard InChI is InChI=1S/C30H31ClN2O3/c1-21-3-12-27-26(17-21)30(20-33(27)28(34)18-22-6-10-25(31)11-7-22)13-15-32(16-14-30)19-23-4-8-24(9-5-23)29(35)36-2/h3-12,17H,13-16,18-20H2,1-2H3. The molecule has 0 saturated carbocycles. The van der Waals surface area contributed by atoms with Crippen LogP contribution in [-0.4, -0.2) is 43.5 Å². The number of amides is 1. The number of methoxy groups -OCH3 is 1. The molecule has 1 spiro atoms. The maximum atomic E-state index is 13.4. The molecule has 0 atom stereocenters. The number of fused-ring (bicyclic) bond motifs is 2. The van der Waals surface area contributed by atoms with Crippen molar-refractivity contribution in [3.63, 3.8) is 0 Å². The predicted molar refractivity (Wildman–Crippen MR) is 143 cm³/mol. The van der Waals surface area contributed by atoms with E-state index >= 15 is 0 Å². The normalized spacial score (nSPS) is 16.7. The number of hydrogen-bond acceptors (Lipinski definition) is 4. The van der Waals surface area contributed by atoms with Gasteiger partial charge in [0.1, 0.15) is 0 Å².